The van der Waals surface area contributed by atoms with Gasteiger partial charge >= 0.3 is 0 Å². The summed E-state index contributed by atoms with van der Waals surface area (Å²) in [6.07, 6.45) is 3.00. The quantitative estimate of drug-likeness (QED) is 0.859. The first-order valence-electron chi connectivity index (χ1n) is 6.18. The molecule has 2 unspecified atom stereocenters. The van der Waals surface area contributed by atoms with Gasteiger partial charge in [-0.1, -0.05) is 37.3 Å². The molecule has 0 radical (unpaired) electrons. The Hall–Kier alpha value is -1.00. The Kier molecular flexibility index (Phi) is 6.22. The number of hydrogen-bond donors (Lipinski definition) is 1. The summed E-state index contributed by atoms with van der Waals surface area (Å²) in [4.78, 5) is 14.1. The maximum Gasteiger partial charge on any atom is 0.244 e. The second-order valence-corrected chi connectivity index (χ2v) is 5.27. The van der Waals surface area contributed by atoms with Crippen molar-refractivity contribution < 1.29 is 4.79 Å². The molecular weight excluding hydrogens is 244 g/mol. The topological polar surface area (TPSA) is 46.3 Å². The van der Waals surface area contributed by atoms with Gasteiger partial charge in [-0.25, -0.2) is 0 Å². The van der Waals surface area contributed by atoms with Crippen LogP contribution in [0.3, 0.4) is 0 Å². The molecule has 0 aromatic heterocycles. The van der Waals surface area contributed by atoms with Crippen LogP contribution < -0.4 is 5.73 Å². The normalized spacial score (nSPS) is 14.0. The van der Waals surface area contributed by atoms with Gasteiger partial charge in [-0.3, -0.25) is 4.79 Å². The zero-order chi connectivity index (χ0) is 13.5. The summed E-state index contributed by atoms with van der Waals surface area (Å²) >= 11 is 1.75. The van der Waals surface area contributed by atoms with Crippen molar-refractivity contribution >= 4 is 17.7 Å². The van der Waals surface area contributed by atoms with Crippen molar-refractivity contribution in [3.05, 3.63) is 35.9 Å². The van der Waals surface area contributed by atoms with Crippen molar-refractivity contribution in [2.24, 2.45) is 5.73 Å². The first-order valence-corrected chi connectivity index (χ1v) is 7.57. The van der Waals surface area contributed by atoms with Gasteiger partial charge < -0.3 is 10.6 Å². The molecule has 0 heterocycles. The monoisotopic (exact) mass is 266 g/mol. The summed E-state index contributed by atoms with van der Waals surface area (Å²) in [7, 11) is 1.84. The SMILES string of the molecule is CCC(CSC)N(C)C(=O)C(N)c1ccccc1. The second kappa shape index (κ2) is 7.44. The van der Waals surface area contributed by atoms with Gasteiger partial charge in [-0.15, -0.1) is 0 Å². The van der Waals surface area contributed by atoms with E-state index in [-0.39, 0.29) is 11.9 Å². The third-order valence-electron chi connectivity index (χ3n) is 3.15. The van der Waals surface area contributed by atoms with Crippen molar-refractivity contribution in [1.29, 1.82) is 0 Å². The van der Waals surface area contributed by atoms with Crippen molar-refractivity contribution in [3.63, 3.8) is 0 Å². The summed E-state index contributed by atoms with van der Waals surface area (Å²) in [5, 5.41) is 0. The lowest BCUT2D eigenvalue weighted by Crippen LogP contribution is -2.43. The molecule has 0 aliphatic heterocycles. The third-order valence-corrected chi connectivity index (χ3v) is 3.87. The minimum absolute atomic E-state index is 0.0119. The number of hydrogen-bond acceptors (Lipinski definition) is 3. The number of carbonyl (C=O) groups is 1. The number of nitrogens with two attached hydrogens (primary N) is 1. The fourth-order valence-corrected chi connectivity index (χ4v) is 2.74. The van der Waals surface area contributed by atoms with Crippen LogP contribution >= 0.6 is 11.8 Å². The molecule has 0 bridgehead atoms. The Morgan fingerprint density at radius 2 is 2.00 bits per heavy atom. The first-order chi connectivity index (χ1) is 8.61. The molecule has 0 fully saturated rings. The maximum absolute atomic E-state index is 12.3. The van der Waals surface area contributed by atoms with Crippen LogP contribution in [0.5, 0.6) is 0 Å². The smallest absolute Gasteiger partial charge is 0.244 e. The van der Waals surface area contributed by atoms with Crippen molar-refractivity contribution in [1.82, 2.24) is 4.90 Å². The van der Waals surface area contributed by atoms with E-state index >= 15 is 0 Å². The van der Waals surface area contributed by atoms with Crippen LogP contribution in [0.2, 0.25) is 0 Å². The van der Waals surface area contributed by atoms with Crippen molar-refractivity contribution in [3.8, 4) is 0 Å². The molecular formula is C14H22N2OS. The molecule has 18 heavy (non-hydrogen) atoms. The van der Waals surface area contributed by atoms with E-state index in [4.69, 9.17) is 5.73 Å². The Balaban J connectivity index is 2.74. The van der Waals surface area contributed by atoms with Crippen LogP contribution in [0, 0.1) is 0 Å². The average molecular weight is 266 g/mol. The van der Waals surface area contributed by atoms with E-state index in [0.717, 1.165) is 17.7 Å². The first kappa shape index (κ1) is 15.1. The Labute approximate surface area is 114 Å². The molecule has 1 amide bonds. The van der Waals surface area contributed by atoms with E-state index in [9.17, 15) is 4.79 Å². The number of thioether (sulfide) groups is 1. The number of nitrogens with zero attached hydrogens (tertiary/aromatic N) is 1. The van der Waals surface area contributed by atoms with Gasteiger partial charge in [0.05, 0.1) is 0 Å². The largest absolute Gasteiger partial charge is 0.340 e. The molecule has 1 aromatic carbocycles. The summed E-state index contributed by atoms with van der Waals surface area (Å²) < 4.78 is 0. The minimum Gasteiger partial charge on any atom is -0.340 e. The molecule has 1 rings (SSSR count). The molecule has 2 N–H and O–H groups in total. The number of carbonyl (C=O) groups excluding carboxylic acids is 1. The molecule has 100 valence electrons. The second-order valence-electron chi connectivity index (χ2n) is 4.35. The molecule has 2 atom stereocenters. The van der Waals surface area contributed by atoms with Gasteiger partial charge in [0.15, 0.2) is 0 Å². The van der Waals surface area contributed by atoms with E-state index < -0.39 is 6.04 Å². The number of rotatable bonds is 6. The highest BCUT2D eigenvalue weighted by Gasteiger charge is 2.24. The van der Waals surface area contributed by atoms with Crippen LogP contribution in [0.25, 0.3) is 0 Å². The van der Waals surface area contributed by atoms with Gasteiger partial charge in [-0.05, 0) is 18.2 Å². The van der Waals surface area contributed by atoms with Crippen molar-refractivity contribution in [2.75, 3.05) is 19.1 Å². The Morgan fingerprint density at radius 1 is 1.39 bits per heavy atom. The summed E-state index contributed by atoms with van der Waals surface area (Å²) in [6.45, 7) is 2.10. The molecule has 0 saturated heterocycles. The molecule has 0 aliphatic rings. The van der Waals surface area contributed by atoms with Gasteiger partial charge in [0.25, 0.3) is 0 Å². The Morgan fingerprint density at radius 3 is 2.50 bits per heavy atom. The summed E-state index contributed by atoms with van der Waals surface area (Å²) in [6, 6.07) is 9.21. The zero-order valence-electron chi connectivity index (χ0n) is 11.3. The average Bonchev–Trinajstić information content (AvgIpc) is 2.43. The fraction of sp³-hybridized carbons (Fsp3) is 0.500. The van der Waals surface area contributed by atoms with E-state index in [1.807, 2.05) is 37.4 Å². The maximum atomic E-state index is 12.3. The third kappa shape index (κ3) is 3.75. The van der Waals surface area contributed by atoms with Crippen LogP contribution in [0.1, 0.15) is 24.9 Å². The van der Waals surface area contributed by atoms with Gasteiger partial charge in [-0.2, -0.15) is 11.8 Å². The standard InChI is InChI=1S/C14H22N2OS/c1-4-12(10-18-3)16(2)14(17)13(15)11-8-6-5-7-9-11/h5-9,12-13H,4,10,15H2,1-3H3. The van der Waals surface area contributed by atoms with Crippen molar-refractivity contribution in [2.45, 2.75) is 25.4 Å². The molecule has 1 aromatic rings. The van der Waals surface area contributed by atoms with Gasteiger partial charge in [0.2, 0.25) is 5.91 Å². The van der Waals surface area contributed by atoms with E-state index in [0.29, 0.717) is 0 Å². The van der Waals surface area contributed by atoms with E-state index in [1.165, 1.54) is 0 Å². The zero-order valence-corrected chi connectivity index (χ0v) is 12.1. The molecule has 0 aliphatic carbocycles. The van der Waals surface area contributed by atoms with Crippen LogP contribution in [0.4, 0.5) is 0 Å². The fourth-order valence-electron chi connectivity index (χ4n) is 1.90. The summed E-state index contributed by atoms with van der Waals surface area (Å²) in [5.74, 6) is 0.933. The highest BCUT2D eigenvalue weighted by molar-refractivity contribution is 7.98. The predicted octanol–water partition coefficient (Wildman–Crippen LogP) is 2.29. The molecule has 4 heteroatoms. The van der Waals surface area contributed by atoms with Crippen LogP contribution in [-0.2, 0) is 4.79 Å². The number of amides is 1. The molecule has 0 saturated carbocycles. The number of likely N-dealkylation sites (N-methyl/N-ethyl adjacent to an activating group) is 1. The van der Waals surface area contributed by atoms with Gasteiger partial charge in [0, 0.05) is 18.8 Å². The lowest BCUT2D eigenvalue weighted by molar-refractivity contribution is -0.133. The molecule has 0 spiro atoms. The van der Waals surface area contributed by atoms with Gasteiger partial charge in [0.1, 0.15) is 6.04 Å². The highest BCUT2D eigenvalue weighted by Crippen LogP contribution is 2.16. The lowest BCUT2D eigenvalue weighted by atomic mass is 10.1. The minimum atomic E-state index is -0.563. The Bertz CT molecular complexity index is 369. The molecule has 3 nitrogen and oxygen atoms in total. The van der Waals surface area contributed by atoms with E-state index in [2.05, 4.69) is 13.2 Å². The van der Waals surface area contributed by atoms with E-state index in [1.54, 1.807) is 16.7 Å². The highest BCUT2D eigenvalue weighted by atomic mass is 32.2. The van der Waals surface area contributed by atoms with Crippen LogP contribution in [-0.4, -0.2) is 35.9 Å². The number of benzene rings is 1. The summed E-state index contributed by atoms with van der Waals surface area (Å²) in [5.41, 5.74) is 6.90. The predicted molar refractivity (Wildman–Crippen MR) is 78.6 cm³/mol. The lowest BCUT2D eigenvalue weighted by Gasteiger charge is -2.29. The van der Waals surface area contributed by atoms with Crippen LogP contribution in [0.15, 0.2) is 30.3 Å².